The topological polar surface area (TPSA) is 52.6 Å². The molecule has 0 radical (unpaired) electrons. The third-order valence-electron chi connectivity index (χ3n) is 3.91. The van der Waals surface area contributed by atoms with E-state index in [-0.39, 0.29) is 29.2 Å². The maximum absolute atomic E-state index is 12.0. The Morgan fingerprint density at radius 1 is 1.56 bits per heavy atom. The zero-order valence-electron chi connectivity index (χ0n) is 8.80. The van der Waals surface area contributed by atoms with Gasteiger partial charge in [0.1, 0.15) is 6.10 Å². The summed E-state index contributed by atoms with van der Waals surface area (Å²) in [5.41, 5.74) is 0. The van der Waals surface area contributed by atoms with Crippen LogP contribution in [0.3, 0.4) is 0 Å². The molecular weight excluding hydrogens is 343 g/mol. The van der Waals surface area contributed by atoms with E-state index in [1.54, 1.807) is 0 Å². The largest absolute Gasteiger partial charge is 0.461 e. The first-order valence-electron chi connectivity index (χ1n) is 5.53. The summed E-state index contributed by atoms with van der Waals surface area (Å²) in [5, 5.41) is -0.141. The third-order valence-corrected chi connectivity index (χ3v) is 7.09. The lowest BCUT2D eigenvalue weighted by molar-refractivity contribution is -0.143. The van der Waals surface area contributed by atoms with Crippen molar-refractivity contribution in [1.29, 1.82) is 0 Å². The third kappa shape index (κ3) is 1.35. The van der Waals surface area contributed by atoms with Crippen molar-refractivity contribution < 1.29 is 17.9 Å². The van der Waals surface area contributed by atoms with Crippen LogP contribution >= 0.6 is 22.6 Å². The first-order chi connectivity index (χ1) is 7.65. The molecule has 2 saturated carbocycles. The summed E-state index contributed by atoms with van der Waals surface area (Å²) < 4.78 is 22.9. The molecule has 3 fully saturated rings. The van der Waals surface area contributed by atoms with Crippen molar-refractivity contribution >= 4 is 39.6 Å². The minimum Gasteiger partial charge on any atom is -0.461 e. The molecule has 16 heavy (non-hydrogen) atoms. The fraction of sp³-hybridized carbons (Fsp3) is 0.900. The highest BCUT2D eigenvalue weighted by Crippen LogP contribution is 2.58. The second-order valence-corrected chi connectivity index (χ2v) is 7.31. The van der Waals surface area contributed by atoms with E-state index in [1.165, 1.54) is 0 Å². The van der Waals surface area contributed by atoms with Gasteiger partial charge in [0, 0.05) is 5.92 Å². The summed E-state index contributed by atoms with van der Waals surface area (Å²) >= 11 is 0.988. The zero-order chi connectivity index (χ0) is 11.4. The van der Waals surface area contributed by atoms with Crippen LogP contribution in [0.4, 0.5) is 0 Å². The van der Waals surface area contributed by atoms with Crippen LogP contribution in [0.5, 0.6) is 0 Å². The van der Waals surface area contributed by atoms with Crippen LogP contribution < -0.4 is 0 Å². The molecule has 1 heterocycles. The molecule has 2 bridgehead atoms. The van der Waals surface area contributed by atoms with Crippen molar-refractivity contribution in [1.82, 2.24) is 0 Å². The Hall–Kier alpha value is 0.310. The van der Waals surface area contributed by atoms with Crippen LogP contribution in [0.25, 0.3) is 0 Å². The molecule has 90 valence electrons. The summed E-state index contributed by atoms with van der Waals surface area (Å²) in [6, 6.07) is 0. The van der Waals surface area contributed by atoms with Crippen molar-refractivity contribution in [2.45, 2.75) is 28.6 Å². The first-order valence-corrected chi connectivity index (χ1v) is 7.92. The molecule has 0 aromatic carbocycles. The van der Waals surface area contributed by atoms with Crippen LogP contribution in [0.2, 0.25) is 0 Å². The fourth-order valence-electron chi connectivity index (χ4n) is 3.37. The standard InChI is InChI=1S/C10H13IO4S/c1-2-14-16(13)9-5-3-4-6(9)10(12)15-8(4)7(5)11/h4-9H,2-3H2,1H3/t4-,5-,6-,7+,8+,9+,16?/m0/s1. The van der Waals surface area contributed by atoms with Crippen LogP contribution in [-0.4, -0.2) is 32.1 Å². The number of esters is 1. The van der Waals surface area contributed by atoms with Crippen molar-refractivity contribution in [2.24, 2.45) is 17.8 Å². The van der Waals surface area contributed by atoms with Gasteiger partial charge in [-0.2, -0.15) is 0 Å². The number of carbonyl (C=O) groups excluding carboxylic acids is 1. The molecule has 0 amide bonds. The maximum Gasteiger partial charge on any atom is 0.311 e. The van der Waals surface area contributed by atoms with Crippen molar-refractivity contribution in [2.75, 3.05) is 6.61 Å². The molecule has 1 unspecified atom stereocenters. The molecule has 0 aromatic rings. The normalized spacial score (nSPS) is 50.8. The highest BCUT2D eigenvalue weighted by Gasteiger charge is 2.67. The Balaban J connectivity index is 1.90. The number of alkyl halides is 1. The van der Waals surface area contributed by atoms with Gasteiger partial charge in [-0.25, -0.2) is 4.21 Å². The van der Waals surface area contributed by atoms with Crippen molar-refractivity contribution in [3.05, 3.63) is 0 Å². The van der Waals surface area contributed by atoms with Gasteiger partial charge in [-0.3, -0.25) is 8.98 Å². The Morgan fingerprint density at radius 2 is 2.31 bits per heavy atom. The van der Waals surface area contributed by atoms with Crippen molar-refractivity contribution in [3.8, 4) is 0 Å². The van der Waals surface area contributed by atoms with E-state index >= 15 is 0 Å². The molecule has 3 aliphatic rings. The lowest BCUT2D eigenvalue weighted by Crippen LogP contribution is -2.40. The first kappa shape index (κ1) is 11.4. The summed E-state index contributed by atoms with van der Waals surface area (Å²) in [4.78, 5) is 11.7. The van der Waals surface area contributed by atoms with E-state index in [1.807, 2.05) is 6.92 Å². The van der Waals surface area contributed by atoms with Gasteiger partial charge < -0.3 is 4.74 Å². The molecule has 1 aliphatic heterocycles. The van der Waals surface area contributed by atoms with Gasteiger partial charge in [-0.15, -0.1) is 0 Å². The predicted octanol–water partition coefficient (Wildman–Crippen LogP) is 1.05. The minimum absolute atomic E-state index is 0.0676. The SMILES string of the molecule is CCOS(=O)[C@@H]1[C@H]2C[C@@H]3[C@@H](OC(=O)[C@@H]31)[C@@H]2I. The Bertz CT molecular complexity index is 361. The highest BCUT2D eigenvalue weighted by molar-refractivity contribution is 14.1. The Kier molecular flexibility index (Phi) is 2.79. The van der Waals surface area contributed by atoms with E-state index in [0.29, 0.717) is 16.4 Å². The fourth-order valence-corrected chi connectivity index (χ4v) is 6.58. The number of carbonyl (C=O) groups is 1. The van der Waals surface area contributed by atoms with Gasteiger partial charge in [0.05, 0.1) is 21.7 Å². The van der Waals surface area contributed by atoms with Gasteiger partial charge >= 0.3 is 5.97 Å². The molecule has 0 spiro atoms. The average molecular weight is 356 g/mol. The molecule has 0 N–H and O–H groups in total. The lowest BCUT2D eigenvalue weighted by atomic mass is 9.89. The second kappa shape index (κ2) is 3.91. The minimum atomic E-state index is -1.35. The molecule has 3 rings (SSSR count). The molecular formula is C10H13IO4S. The van der Waals surface area contributed by atoms with E-state index in [9.17, 15) is 9.00 Å². The number of hydrogen-bond donors (Lipinski definition) is 0. The molecule has 2 aliphatic carbocycles. The summed E-state index contributed by atoms with van der Waals surface area (Å²) in [6.07, 6.45) is 1.04. The van der Waals surface area contributed by atoms with Gasteiger partial charge in [0.15, 0.2) is 11.1 Å². The second-order valence-electron chi connectivity index (χ2n) is 4.57. The number of halogens is 1. The van der Waals surface area contributed by atoms with Crippen LogP contribution in [0.1, 0.15) is 13.3 Å². The highest BCUT2D eigenvalue weighted by atomic mass is 127. The summed E-state index contributed by atoms with van der Waals surface area (Å²) in [7, 11) is 0. The van der Waals surface area contributed by atoms with Crippen molar-refractivity contribution in [3.63, 3.8) is 0 Å². The van der Waals surface area contributed by atoms with Crippen LogP contribution in [-0.2, 0) is 24.8 Å². The monoisotopic (exact) mass is 356 g/mol. The van der Waals surface area contributed by atoms with Gasteiger partial charge in [-0.05, 0) is 19.3 Å². The average Bonchev–Trinajstić information content (AvgIpc) is 2.82. The Morgan fingerprint density at radius 3 is 3.00 bits per heavy atom. The number of fused-ring (bicyclic) bond motifs is 1. The molecule has 4 nitrogen and oxygen atoms in total. The summed E-state index contributed by atoms with van der Waals surface area (Å²) in [5.74, 6) is 0.274. The quantitative estimate of drug-likeness (QED) is 0.431. The van der Waals surface area contributed by atoms with Gasteiger partial charge in [0.2, 0.25) is 0 Å². The summed E-state index contributed by atoms with van der Waals surface area (Å²) in [6.45, 7) is 2.25. The van der Waals surface area contributed by atoms with Crippen LogP contribution in [0, 0.1) is 17.8 Å². The number of hydrogen-bond acceptors (Lipinski definition) is 4. The maximum atomic E-state index is 12.0. The zero-order valence-corrected chi connectivity index (χ0v) is 11.8. The smallest absolute Gasteiger partial charge is 0.311 e. The predicted molar refractivity (Wildman–Crippen MR) is 66.3 cm³/mol. The van der Waals surface area contributed by atoms with Gasteiger partial charge in [0.25, 0.3) is 0 Å². The lowest BCUT2D eigenvalue weighted by Gasteiger charge is -2.26. The van der Waals surface area contributed by atoms with E-state index in [0.717, 1.165) is 6.42 Å². The van der Waals surface area contributed by atoms with E-state index < -0.39 is 11.1 Å². The van der Waals surface area contributed by atoms with Crippen LogP contribution in [0.15, 0.2) is 0 Å². The number of ether oxygens (including phenoxy) is 1. The number of rotatable bonds is 3. The molecule has 7 atom stereocenters. The molecule has 6 heteroatoms. The molecule has 1 saturated heterocycles. The van der Waals surface area contributed by atoms with Gasteiger partial charge in [-0.1, -0.05) is 22.6 Å². The Labute approximate surface area is 110 Å². The van der Waals surface area contributed by atoms with E-state index in [4.69, 9.17) is 8.92 Å². The van der Waals surface area contributed by atoms with E-state index in [2.05, 4.69) is 22.6 Å². The molecule has 0 aromatic heterocycles.